The van der Waals surface area contributed by atoms with E-state index in [1.165, 1.54) is 18.2 Å². The van der Waals surface area contributed by atoms with E-state index in [2.05, 4.69) is 26.1 Å². The van der Waals surface area contributed by atoms with Gasteiger partial charge in [-0.2, -0.15) is 0 Å². The molecule has 1 rings (SSSR count). The third-order valence-electron chi connectivity index (χ3n) is 2.81. The molecule has 0 saturated heterocycles. The first-order valence-electron chi connectivity index (χ1n) is 6.16. The molecule has 1 aromatic carbocycles. The van der Waals surface area contributed by atoms with Crippen molar-refractivity contribution in [2.75, 3.05) is 13.2 Å². The molecule has 18 heavy (non-hydrogen) atoms. The van der Waals surface area contributed by atoms with Crippen LogP contribution in [0.3, 0.4) is 0 Å². The van der Waals surface area contributed by atoms with Crippen LogP contribution in [-0.4, -0.2) is 19.2 Å². The fourth-order valence-electron chi connectivity index (χ4n) is 1.65. The zero-order valence-electron chi connectivity index (χ0n) is 11.4. The average Bonchev–Trinajstić information content (AvgIpc) is 2.25. The fraction of sp³-hybridized carbons (Fsp3) is 0.571. The molecule has 1 unspecified atom stereocenters. The lowest BCUT2D eigenvalue weighted by Crippen LogP contribution is -2.44. The number of nitrogens with one attached hydrogen (secondary N) is 1. The molecule has 0 amide bonds. The van der Waals surface area contributed by atoms with Gasteiger partial charge in [0.25, 0.3) is 0 Å². The van der Waals surface area contributed by atoms with E-state index in [-0.39, 0.29) is 23.8 Å². The van der Waals surface area contributed by atoms with Gasteiger partial charge in [0.15, 0.2) is 17.4 Å². The Hall–Kier alpha value is -1.16. The molecule has 0 fully saturated rings. The molecule has 0 aromatic heterocycles. The first-order valence-corrected chi connectivity index (χ1v) is 6.16. The van der Waals surface area contributed by atoms with Gasteiger partial charge >= 0.3 is 0 Å². The maximum atomic E-state index is 13.4. The van der Waals surface area contributed by atoms with Gasteiger partial charge in [0.05, 0.1) is 0 Å². The van der Waals surface area contributed by atoms with Crippen molar-refractivity contribution < 1.29 is 13.5 Å². The van der Waals surface area contributed by atoms with Crippen molar-refractivity contribution in [3.05, 3.63) is 29.8 Å². The second-order valence-corrected chi connectivity index (χ2v) is 5.34. The molecule has 102 valence electrons. The summed E-state index contributed by atoms with van der Waals surface area (Å²) in [6.45, 7) is 9.17. The normalized spacial score (nSPS) is 13.4. The molecule has 0 heterocycles. The van der Waals surface area contributed by atoms with Crippen LogP contribution in [0.15, 0.2) is 18.2 Å². The minimum Gasteiger partial charge on any atom is -0.486 e. The van der Waals surface area contributed by atoms with E-state index in [1.807, 2.05) is 6.92 Å². The maximum Gasteiger partial charge on any atom is 0.190 e. The first kappa shape index (κ1) is 14.9. The van der Waals surface area contributed by atoms with E-state index in [0.29, 0.717) is 0 Å². The lowest BCUT2D eigenvalue weighted by molar-refractivity contribution is 0.167. The summed E-state index contributed by atoms with van der Waals surface area (Å²) in [5.41, 5.74) is -0.0439. The van der Waals surface area contributed by atoms with Crippen LogP contribution < -0.4 is 10.1 Å². The molecular weight excluding hydrogens is 236 g/mol. The summed E-state index contributed by atoms with van der Waals surface area (Å²) in [5, 5.41) is 3.26. The summed E-state index contributed by atoms with van der Waals surface area (Å²) < 4.78 is 32.1. The Balaban J connectivity index is 2.73. The third-order valence-corrected chi connectivity index (χ3v) is 2.81. The van der Waals surface area contributed by atoms with E-state index < -0.39 is 11.6 Å². The molecule has 1 atom stereocenters. The van der Waals surface area contributed by atoms with Crippen molar-refractivity contribution in [3.8, 4) is 5.75 Å². The largest absolute Gasteiger partial charge is 0.486 e. The molecule has 0 saturated carbocycles. The van der Waals surface area contributed by atoms with Crippen LogP contribution in [0.2, 0.25) is 0 Å². The highest BCUT2D eigenvalue weighted by atomic mass is 19.1. The molecule has 4 heteroatoms. The molecule has 0 spiro atoms. The first-order chi connectivity index (χ1) is 8.36. The number of hydrogen-bond acceptors (Lipinski definition) is 2. The molecular formula is C14H21F2NO. The Kier molecular flexibility index (Phi) is 5.08. The average molecular weight is 257 g/mol. The highest BCUT2D eigenvalue weighted by Crippen LogP contribution is 2.24. The van der Waals surface area contributed by atoms with Gasteiger partial charge in [-0.05, 0) is 24.1 Å². The highest BCUT2D eigenvalue weighted by molar-refractivity contribution is 5.26. The van der Waals surface area contributed by atoms with E-state index in [9.17, 15) is 8.78 Å². The van der Waals surface area contributed by atoms with E-state index in [0.717, 1.165) is 6.54 Å². The van der Waals surface area contributed by atoms with Crippen molar-refractivity contribution in [2.45, 2.75) is 33.7 Å². The molecule has 0 aliphatic carbocycles. The zero-order chi connectivity index (χ0) is 13.8. The minimum absolute atomic E-state index is 0.0292. The maximum absolute atomic E-state index is 13.4. The van der Waals surface area contributed by atoms with Crippen molar-refractivity contribution >= 4 is 0 Å². The summed E-state index contributed by atoms with van der Waals surface area (Å²) in [6, 6.07) is 3.74. The summed E-state index contributed by atoms with van der Waals surface area (Å²) in [7, 11) is 0. The van der Waals surface area contributed by atoms with Crippen molar-refractivity contribution in [2.24, 2.45) is 5.41 Å². The summed E-state index contributed by atoms with van der Waals surface area (Å²) in [4.78, 5) is 0. The smallest absolute Gasteiger partial charge is 0.190 e. The molecule has 1 N–H and O–H groups in total. The number of hydrogen-bond donors (Lipinski definition) is 1. The number of ether oxygens (including phenoxy) is 1. The molecule has 0 aliphatic rings. The second-order valence-electron chi connectivity index (χ2n) is 5.34. The molecule has 1 aromatic rings. The Morgan fingerprint density at radius 2 is 1.78 bits per heavy atom. The standard InChI is InChI=1S/C14H21F2NO/c1-5-17-12(14(2,3)4)9-18-13-10(15)7-6-8-11(13)16/h6-8,12,17H,5,9H2,1-4H3. The number of likely N-dealkylation sites (N-methyl/N-ethyl adjacent to an activating group) is 1. The third kappa shape index (κ3) is 3.95. The van der Waals surface area contributed by atoms with Crippen LogP contribution in [0, 0.1) is 17.0 Å². The minimum atomic E-state index is -0.667. The monoisotopic (exact) mass is 257 g/mol. The molecule has 0 radical (unpaired) electrons. The number of benzene rings is 1. The van der Waals surface area contributed by atoms with Gasteiger partial charge in [0.2, 0.25) is 0 Å². The van der Waals surface area contributed by atoms with Crippen molar-refractivity contribution in [1.82, 2.24) is 5.32 Å². The van der Waals surface area contributed by atoms with Crippen LogP contribution in [0.1, 0.15) is 27.7 Å². The lowest BCUT2D eigenvalue weighted by atomic mass is 9.87. The van der Waals surface area contributed by atoms with Gasteiger partial charge in [0, 0.05) is 6.04 Å². The predicted molar refractivity (Wildman–Crippen MR) is 68.8 cm³/mol. The van der Waals surface area contributed by atoms with E-state index >= 15 is 0 Å². The Labute approximate surface area is 107 Å². The number of para-hydroxylation sites is 1. The lowest BCUT2D eigenvalue weighted by Gasteiger charge is -2.31. The van der Waals surface area contributed by atoms with Crippen LogP contribution >= 0.6 is 0 Å². The zero-order valence-corrected chi connectivity index (χ0v) is 11.4. The molecule has 0 bridgehead atoms. The van der Waals surface area contributed by atoms with Crippen LogP contribution in [0.25, 0.3) is 0 Å². The molecule has 2 nitrogen and oxygen atoms in total. The summed E-state index contributed by atoms with van der Waals surface area (Å²) in [6.07, 6.45) is 0. The van der Waals surface area contributed by atoms with Gasteiger partial charge in [-0.25, -0.2) is 8.78 Å². The quantitative estimate of drug-likeness (QED) is 0.873. The van der Waals surface area contributed by atoms with E-state index in [4.69, 9.17) is 4.74 Å². The Morgan fingerprint density at radius 1 is 1.22 bits per heavy atom. The van der Waals surface area contributed by atoms with Gasteiger partial charge < -0.3 is 10.1 Å². The van der Waals surface area contributed by atoms with Gasteiger partial charge in [-0.3, -0.25) is 0 Å². The Bertz CT molecular complexity index is 368. The van der Waals surface area contributed by atoms with Crippen LogP contribution in [0.4, 0.5) is 8.78 Å². The second kappa shape index (κ2) is 6.14. The topological polar surface area (TPSA) is 21.3 Å². The molecule has 0 aliphatic heterocycles. The van der Waals surface area contributed by atoms with Gasteiger partial charge in [-0.15, -0.1) is 0 Å². The Morgan fingerprint density at radius 3 is 2.22 bits per heavy atom. The van der Waals surface area contributed by atoms with Gasteiger partial charge in [-0.1, -0.05) is 33.8 Å². The summed E-state index contributed by atoms with van der Waals surface area (Å²) >= 11 is 0. The van der Waals surface area contributed by atoms with Gasteiger partial charge in [0.1, 0.15) is 6.61 Å². The predicted octanol–water partition coefficient (Wildman–Crippen LogP) is 3.37. The SMILES string of the molecule is CCNC(COc1c(F)cccc1F)C(C)(C)C. The number of rotatable bonds is 5. The van der Waals surface area contributed by atoms with E-state index in [1.54, 1.807) is 0 Å². The fourth-order valence-corrected chi connectivity index (χ4v) is 1.65. The highest BCUT2D eigenvalue weighted by Gasteiger charge is 2.25. The van der Waals surface area contributed by atoms with Crippen LogP contribution in [0.5, 0.6) is 5.75 Å². The summed E-state index contributed by atoms with van der Waals surface area (Å²) in [5.74, 6) is -1.64. The number of halogens is 2. The van der Waals surface area contributed by atoms with Crippen molar-refractivity contribution in [3.63, 3.8) is 0 Å². The van der Waals surface area contributed by atoms with Crippen LogP contribution in [-0.2, 0) is 0 Å². The van der Waals surface area contributed by atoms with Crippen molar-refractivity contribution in [1.29, 1.82) is 0 Å².